The SMILES string of the molecule is CCOC(=O)[C@@H]1Oc2cc(C)n(Cc3ccccc3)c(=O)c2[C@H]1c1ccc(C)cc1. The molecule has 5 heteroatoms. The summed E-state index contributed by atoms with van der Waals surface area (Å²) >= 11 is 0. The number of carbonyl (C=O) groups excluding carboxylic acids is 1. The molecular weight excluding hydrogens is 378 g/mol. The van der Waals surface area contributed by atoms with E-state index in [4.69, 9.17) is 9.47 Å². The minimum absolute atomic E-state index is 0.133. The van der Waals surface area contributed by atoms with Gasteiger partial charge < -0.3 is 14.0 Å². The molecule has 0 fully saturated rings. The van der Waals surface area contributed by atoms with Gasteiger partial charge in [0.25, 0.3) is 5.56 Å². The van der Waals surface area contributed by atoms with Crippen LogP contribution in [0.25, 0.3) is 0 Å². The molecule has 0 N–H and O–H groups in total. The average Bonchev–Trinajstić information content (AvgIpc) is 3.12. The summed E-state index contributed by atoms with van der Waals surface area (Å²) in [5.74, 6) is -0.494. The molecule has 0 unspecified atom stereocenters. The molecule has 0 aliphatic carbocycles. The number of rotatable bonds is 5. The Kier molecular flexibility index (Phi) is 5.44. The van der Waals surface area contributed by atoms with Crippen LogP contribution >= 0.6 is 0 Å². The van der Waals surface area contributed by atoms with Crippen molar-refractivity contribution in [1.82, 2.24) is 4.57 Å². The lowest BCUT2D eigenvalue weighted by Crippen LogP contribution is -2.33. The van der Waals surface area contributed by atoms with Crippen LogP contribution in [0.15, 0.2) is 65.5 Å². The highest BCUT2D eigenvalue weighted by molar-refractivity contribution is 5.79. The number of hydrogen-bond acceptors (Lipinski definition) is 4. The zero-order chi connectivity index (χ0) is 21.3. The summed E-state index contributed by atoms with van der Waals surface area (Å²) in [4.78, 5) is 26.3. The summed E-state index contributed by atoms with van der Waals surface area (Å²) < 4.78 is 13.0. The highest BCUT2D eigenvalue weighted by Crippen LogP contribution is 2.41. The van der Waals surface area contributed by atoms with Crippen LogP contribution in [0.4, 0.5) is 0 Å². The molecule has 3 aromatic rings. The van der Waals surface area contributed by atoms with Gasteiger partial charge in [0, 0.05) is 11.8 Å². The lowest BCUT2D eigenvalue weighted by atomic mass is 9.88. The predicted molar refractivity (Wildman–Crippen MR) is 115 cm³/mol. The van der Waals surface area contributed by atoms with Crippen molar-refractivity contribution in [3.05, 3.63) is 99.0 Å². The molecule has 4 rings (SSSR count). The predicted octanol–water partition coefficient (Wildman–Crippen LogP) is 3.97. The van der Waals surface area contributed by atoms with Crippen LogP contribution in [0.3, 0.4) is 0 Å². The van der Waals surface area contributed by atoms with Crippen molar-refractivity contribution < 1.29 is 14.3 Å². The minimum atomic E-state index is -0.873. The maximum Gasteiger partial charge on any atom is 0.348 e. The number of esters is 1. The van der Waals surface area contributed by atoms with E-state index in [0.29, 0.717) is 17.9 Å². The molecule has 2 atom stereocenters. The standard InChI is InChI=1S/C25H25NO4/c1-4-29-25(28)23-21(19-12-10-16(2)11-13-19)22-20(30-23)14-17(3)26(24(22)27)15-18-8-6-5-7-9-18/h5-14,21,23H,4,15H2,1-3H3/t21-,23-/m1/s1. The third kappa shape index (κ3) is 3.63. The fraction of sp³-hybridized carbons (Fsp3) is 0.280. The number of aromatic nitrogens is 1. The second-order valence-corrected chi connectivity index (χ2v) is 7.62. The summed E-state index contributed by atoms with van der Waals surface area (Å²) in [6.07, 6.45) is -0.873. The lowest BCUT2D eigenvalue weighted by molar-refractivity contribution is -0.151. The maximum absolute atomic E-state index is 13.6. The molecule has 0 saturated heterocycles. The number of hydrogen-bond donors (Lipinski definition) is 0. The van der Waals surface area contributed by atoms with E-state index >= 15 is 0 Å². The van der Waals surface area contributed by atoms with E-state index in [1.54, 1.807) is 11.5 Å². The fourth-order valence-electron chi connectivity index (χ4n) is 3.98. The molecule has 0 bridgehead atoms. The van der Waals surface area contributed by atoms with Crippen LogP contribution in [0, 0.1) is 13.8 Å². The number of aryl methyl sites for hydroxylation is 2. The largest absolute Gasteiger partial charge is 0.477 e. The number of benzene rings is 2. The van der Waals surface area contributed by atoms with Gasteiger partial charge in [-0.2, -0.15) is 0 Å². The van der Waals surface area contributed by atoms with Crippen molar-refractivity contribution in [1.29, 1.82) is 0 Å². The first-order valence-corrected chi connectivity index (χ1v) is 10.2. The van der Waals surface area contributed by atoms with Crippen molar-refractivity contribution in [2.75, 3.05) is 6.61 Å². The Morgan fingerprint density at radius 1 is 1.07 bits per heavy atom. The van der Waals surface area contributed by atoms with E-state index in [1.165, 1.54) is 0 Å². The van der Waals surface area contributed by atoms with Gasteiger partial charge in [0.05, 0.1) is 24.6 Å². The molecule has 1 aliphatic heterocycles. The average molecular weight is 403 g/mol. The monoisotopic (exact) mass is 403 g/mol. The van der Waals surface area contributed by atoms with E-state index < -0.39 is 18.0 Å². The first kappa shape index (κ1) is 20.0. The van der Waals surface area contributed by atoms with Gasteiger partial charge in [-0.25, -0.2) is 4.79 Å². The van der Waals surface area contributed by atoms with Gasteiger partial charge in [-0.3, -0.25) is 4.79 Å². The molecule has 1 aliphatic rings. The van der Waals surface area contributed by atoms with Crippen LogP contribution in [0.2, 0.25) is 0 Å². The van der Waals surface area contributed by atoms with Crippen molar-refractivity contribution in [2.45, 2.75) is 39.3 Å². The quantitative estimate of drug-likeness (QED) is 0.605. The zero-order valence-electron chi connectivity index (χ0n) is 17.4. The molecule has 154 valence electrons. The van der Waals surface area contributed by atoms with Gasteiger partial charge in [-0.1, -0.05) is 60.2 Å². The number of ether oxygens (including phenoxy) is 2. The summed E-state index contributed by atoms with van der Waals surface area (Å²) in [7, 11) is 0. The molecule has 2 heterocycles. The maximum atomic E-state index is 13.6. The first-order chi connectivity index (χ1) is 14.5. The van der Waals surface area contributed by atoms with E-state index in [0.717, 1.165) is 22.4 Å². The second kappa shape index (κ2) is 8.19. The van der Waals surface area contributed by atoms with Crippen LogP contribution in [0.1, 0.15) is 40.8 Å². The number of nitrogens with zero attached hydrogens (tertiary/aromatic N) is 1. The third-order valence-corrected chi connectivity index (χ3v) is 5.51. The lowest BCUT2D eigenvalue weighted by Gasteiger charge is -2.18. The topological polar surface area (TPSA) is 57.5 Å². The highest BCUT2D eigenvalue weighted by atomic mass is 16.6. The minimum Gasteiger partial charge on any atom is -0.477 e. The third-order valence-electron chi connectivity index (χ3n) is 5.51. The summed E-state index contributed by atoms with van der Waals surface area (Å²) in [6, 6.07) is 19.6. The molecule has 0 radical (unpaired) electrons. The number of fused-ring (bicyclic) bond motifs is 1. The molecule has 1 aromatic heterocycles. The molecular formula is C25H25NO4. The van der Waals surface area contributed by atoms with Gasteiger partial charge in [0.15, 0.2) is 0 Å². The second-order valence-electron chi connectivity index (χ2n) is 7.62. The Morgan fingerprint density at radius 2 is 1.77 bits per heavy atom. The number of pyridine rings is 1. The van der Waals surface area contributed by atoms with Gasteiger partial charge >= 0.3 is 5.97 Å². The van der Waals surface area contributed by atoms with Gasteiger partial charge in [-0.05, 0) is 31.9 Å². The summed E-state index contributed by atoms with van der Waals surface area (Å²) in [5.41, 5.74) is 4.18. The van der Waals surface area contributed by atoms with Crippen molar-refractivity contribution in [3.8, 4) is 5.75 Å². The van der Waals surface area contributed by atoms with Crippen LogP contribution in [-0.2, 0) is 16.1 Å². The molecule has 0 saturated carbocycles. The van der Waals surface area contributed by atoms with Gasteiger partial charge in [0.1, 0.15) is 5.75 Å². The number of carbonyl (C=O) groups is 1. The first-order valence-electron chi connectivity index (χ1n) is 10.2. The zero-order valence-corrected chi connectivity index (χ0v) is 17.4. The smallest absolute Gasteiger partial charge is 0.348 e. The Balaban J connectivity index is 1.84. The van der Waals surface area contributed by atoms with Crippen LogP contribution in [-0.4, -0.2) is 23.2 Å². The van der Waals surface area contributed by atoms with Crippen molar-refractivity contribution >= 4 is 5.97 Å². The Morgan fingerprint density at radius 3 is 2.43 bits per heavy atom. The molecule has 30 heavy (non-hydrogen) atoms. The highest BCUT2D eigenvalue weighted by Gasteiger charge is 2.44. The molecule has 2 aromatic carbocycles. The van der Waals surface area contributed by atoms with E-state index in [-0.39, 0.29) is 12.2 Å². The Hall–Kier alpha value is -3.34. The Labute approximate surface area is 175 Å². The summed E-state index contributed by atoms with van der Waals surface area (Å²) in [6.45, 7) is 6.36. The molecule has 0 spiro atoms. The molecule has 0 amide bonds. The van der Waals surface area contributed by atoms with Crippen LogP contribution in [0.5, 0.6) is 5.75 Å². The van der Waals surface area contributed by atoms with Crippen molar-refractivity contribution in [3.63, 3.8) is 0 Å². The van der Waals surface area contributed by atoms with E-state index in [1.807, 2.05) is 74.5 Å². The van der Waals surface area contributed by atoms with Crippen LogP contribution < -0.4 is 10.3 Å². The van der Waals surface area contributed by atoms with E-state index in [2.05, 4.69) is 0 Å². The van der Waals surface area contributed by atoms with E-state index in [9.17, 15) is 9.59 Å². The van der Waals surface area contributed by atoms with Gasteiger partial charge in [0.2, 0.25) is 6.10 Å². The normalized spacial score (nSPS) is 17.3. The molecule has 5 nitrogen and oxygen atoms in total. The Bertz CT molecular complexity index is 1120. The van der Waals surface area contributed by atoms with Crippen molar-refractivity contribution in [2.24, 2.45) is 0 Å². The summed E-state index contributed by atoms with van der Waals surface area (Å²) in [5, 5.41) is 0. The van der Waals surface area contributed by atoms with Gasteiger partial charge in [-0.15, -0.1) is 0 Å². The fourth-order valence-corrected chi connectivity index (χ4v) is 3.98.